The number of anilines is 6. The smallest absolute Gasteiger partial charge is 0.316 e. The molecule has 0 saturated carbocycles. The molecule has 19 rings (SSSR count). The molecular weight excluding hydrogens is 1460 g/mol. The van der Waals surface area contributed by atoms with Crippen molar-refractivity contribution in [3.63, 3.8) is 0 Å². The second kappa shape index (κ2) is 32.0. The van der Waals surface area contributed by atoms with Crippen LogP contribution in [0.25, 0.3) is 145 Å². The minimum atomic E-state index is -0.539. The third-order valence-electron chi connectivity index (χ3n) is 17.6. The number of phenols is 1. The molecule has 0 atom stereocenters. The van der Waals surface area contributed by atoms with E-state index in [1.807, 2.05) is 95.8 Å². The number of rotatable bonds is 9. The Bertz CT molecular complexity index is 6720. The Balaban J connectivity index is 0.000000113. The summed E-state index contributed by atoms with van der Waals surface area (Å²) in [5, 5.41) is 42.5. The third kappa shape index (κ3) is 15.2. The number of benzene rings is 3. The van der Waals surface area contributed by atoms with Crippen LogP contribution in [0.4, 0.5) is 39.3 Å². The molecule has 39 nitrogen and oxygen atoms in total. The highest BCUT2D eigenvalue weighted by Gasteiger charge is 2.22. The SMILES string of the molecule is COCc1cccc(-c2nn(C)c3ncnc(N)c23)c1.COc1ncc(-c2nn(C)c3ncnc(N)c23)cn1.Cc1cc(-c2nn(C)c3ncnc(N)c23)ccn1.Cn1nc(-c2ccc(F)nc2)c2c(N)ncnc21.Cn1nc(-c2ccc3cc(O)ccc3c2)c2c(N)ncnc21.Cn1nc(-c2cncnc2)c2c(N)ncnc21. The minimum Gasteiger partial charge on any atom is -0.508 e. The van der Waals surface area contributed by atoms with E-state index in [1.165, 1.54) is 63.7 Å². The van der Waals surface area contributed by atoms with Crippen molar-refractivity contribution in [3.05, 3.63) is 184 Å². The minimum absolute atomic E-state index is 0.251. The predicted molar refractivity (Wildman–Crippen MR) is 425 cm³/mol. The van der Waals surface area contributed by atoms with Gasteiger partial charge in [0.25, 0.3) is 0 Å². The number of halogens is 1. The van der Waals surface area contributed by atoms with Crippen LogP contribution in [-0.2, 0) is 53.6 Å². The highest BCUT2D eigenvalue weighted by atomic mass is 19.1. The zero-order valence-electron chi connectivity index (χ0n) is 62.3. The Morgan fingerprint density at radius 3 is 1.11 bits per heavy atom. The second-order valence-corrected chi connectivity index (χ2v) is 25.1. The molecule has 0 unspecified atom stereocenters. The maximum absolute atomic E-state index is 12.8. The van der Waals surface area contributed by atoms with Gasteiger partial charge in [0.1, 0.15) is 119 Å². The fourth-order valence-electron chi connectivity index (χ4n) is 12.4. The summed E-state index contributed by atoms with van der Waals surface area (Å²) in [6, 6.07) is 26.2. The van der Waals surface area contributed by atoms with Gasteiger partial charge in [0.05, 0.1) is 46.0 Å². The van der Waals surface area contributed by atoms with Crippen LogP contribution in [0.2, 0.25) is 0 Å². The summed E-state index contributed by atoms with van der Waals surface area (Å²) in [5.41, 5.74) is 51.0. The number of hydrogen-bond acceptors (Lipinski definition) is 33. The van der Waals surface area contributed by atoms with Crippen LogP contribution >= 0.6 is 0 Å². The average molecular weight is 1530 g/mol. The average Bonchev–Trinajstić information content (AvgIpc) is 1.67. The molecule has 570 valence electrons. The summed E-state index contributed by atoms with van der Waals surface area (Å²) >= 11 is 0. The van der Waals surface area contributed by atoms with E-state index >= 15 is 0 Å². The number of aromatic hydroxyl groups is 1. The third-order valence-corrected chi connectivity index (χ3v) is 17.6. The van der Waals surface area contributed by atoms with Gasteiger partial charge in [-0.2, -0.15) is 35.0 Å². The van der Waals surface area contributed by atoms with Crippen molar-refractivity contribution < 1.29 is 19.0 Å². The van der Waals surface area contributed by atoms with E-state index in [0.717, 1.165) is 99.8 Å². The van der Waals surface area contributed by atoms with Crippen LogP contribution in [-0.4, -0.2) is 168 Å². The van der Waals surface area contributed by atoms with Crippen molar-refractivity contribution >= 4 is 112 Å². The molecule has 13 N–H and O–H groups in total. The number of nitrogen functional groups attached to an aromatic ring is 6. The molecule has 114 heavy (non-hydrogen) atoms. The fraction of sp³-hybridized carbons (Fsp3) is 0.135. The van der Waals surface area contributed by atoms with Gasteiger partial charge in [-0.15, -0.1) is 0 Å². The van der Waals surface area contributed by atoms with E-state index in [0.29, 0.717) is 104 Å². The van der Waals surface area contributed by atoms with Crippen molar-refractivity contribution in [2.75, 3.05) is 48.6 Å². The summed E-state index contributed by atoms with van der Waals surface area (Å²) in [4.78, 5) is 73.0. The molecule has 0 aliphatic carbocycles. The predicted octanol–water partition coefficient (Wildman–Crippen LogP) is 7.51. The van der Waals surface area contributed by atoms with Crippen molar-refractivity contribution in [3.8, 4) is 79.3 Å². The van der Waals surface area contributed by atoms with Crippen LogP contribution in [0.5, 0.6) is 11.8 Å². The molecule has 0 aliphatic rings. The Hall–Kier alpha value is -16.0. The van der Waals surface area contributed by atoms with Gasteiger partial charge in [0, 0.05) is 126 Å². The molecule has 40 heteroatoms. The summed E-state index contributed by atoms with van der Waals surface area (Å²) in [7, 11) is 14.1. The standard InChI is InChI=1S/C16H13N5O.C14H15N5O.C12H12N6.C11H9FN6.C11H11N7O.C10H9N7/c1-21-16-13(15(17)18-8-19-16)14(20-21)11-3-2-10-7-12(22)5-4-9(10)6-11;1-19-14-11(13(15)16-8-17-14)12(18-19)10-5-3-4-9(6-10)7-20-2;1-7-5-8(3-4-14-7)10-9-11(13)15-6-16-12(9)18(2)17-10;1-18-11-8(10(13)15-5-16-11)9(17-18)6-2-3-7(12)14-4-6;1-18-10-7(9(12)15-5-16-10)8(17-18)6-3-13-11(19-2)14-4-6;1-17-10-7(9(11)14-5-15-10)8(16-17)6-2-12-4-13-3-6/h2-8,22H,1H3,(H2,17,18,19);3-6,8H,7H2,1-2H3,(H2,15,16,17);3-6H,1-2H3,(H2,13,15,16);2-5H,1H3,(H2,13,15,16);3-5H,1-2H3,(H2,12,15,16);2-5H,1H3,(H2,11,14,15). The molecule has 0 aliphatic heterocycles. The van der Waals surface area contributed by atoms with Gasteiger partial charge < -0.3 is 49.0 Å². The molecule has 0 spiro atoms. The van der Waals surface area contributed by atoms with Gasteiger partial charge in [0.2, 0.25) is 5.95 Å². The van der Waals surface area contributed by atoms with Gasteiger partial charge >= 0.3 is 6.01 Å². The van der Waals surface area contributed by atoms with E-state index < -0.39 is 5.95 Å². The van der Waals surface area contributed by atoms with Crippen LogP contribution in [0.1, 0.15) is 11.3 Å². The Labute approximate surface area is 643 Å². The van der Waals surface area contributed by atoms with Crippen molar-refractivity contribution in [2.24, 2.45) is 42.3 Å². The van der Waals surface area contributed by atoms with Crippen LogP contribution in [0.3, 0.4) is 0 Å². The van der Waals surface area contributed by atoms with E-state index in [2.05, 4.69) is 120 Å². The Morgan fingerprint density at radius 2 is 0.711 bits per heavy atom. The van der Waals surface area contributed by atoms with E-state index in [-0.39, 0.29) is 5.75 Å². The van der Waals surface area contributed by atoms with Crippen LogP contribution in [0, 0.1) is 12.9 Å². The zero-order chi connectivity index (χ0) is 80.0. The number of hydrogen-bond donors (Lipinski definition) is 7. The number of methoxy groups -OCH3 is 2. The highest BCUT2D eigenvalue weighted by Crippen LogP contribution is 2.36. The molecular formula is C74H69FN36O3. The molecule has 0 amide bonds. The zero-order valence-corrected chi connectivity index (χ0v) is 62.3. The maximum Gasteiger partial charge on any atom is 0.316 e. The lowest BCUT2D eigenvalue weighted by Gasteiger charge is -2.03. The lowest BCUT2D eigenvalue weighted by molar-refractivity contribution is 0.185. The normalized spacial score (nSPS) is 11.0. The molecule has 16 heterocycles. The van der Waals surface area contributed by atoms with Crippen molar-refractivity contribution in [1.82, 2.24) is 148 Å². The summed E-state index contributed by atoms with van der Waals surface area (Å²) < 4.78 is 32.9. The van der Waals surface area contributed by atoms with Gasteiger partial charge in [-0.1, -0.05) is 36.4 Å². The number of ether oxygens (including phenoxy) is 2. The number of aromatic nitrogens is 30. The Kier molecular flexibility index (Phi) is 21.0. The second-order valence-electron chi connectivity index (χ2n) is 25.1. The van der Waals surface area contributed by atoms with Gasteiger partial charge in [-0.3, -0.25) is 4.98 Å². The summed E-state index contributed by atoms with van der Waals surface area (Å²) in [6.45, 7) is 2.50. The highest BCUT2D eigenvalue weighted by molar-refractivity contribution is 6.03. The molecule has 19 aromatic rings. The molecule has 0 radical (unpaired) electrons. The first kappa shape index (κ1) is 74.8. The number of phenolic OH excluding ortho intramolecular Hbond substituents is 1. The number of pyridine rings is 2. The summed E-state index contributed by atoms with van der Waals surface area (Å²) in [5.74, 6) is 2.13. The topological polar surface area (TPSA) is 534 Å². The first-order valence-electron chi connectivity index (χ1n) is 34.2. The molecule has 0 fully saturated rings. The monoisotopic (exact) mass is 1530 g/mol. The first-order chi connectivity index (χ1) is 55.1. The number of aryl methyl sites for hydroxylation is 7. The lowest BCUT2D eigenvalue weighted by atomic mass is 10.0. The first-order valence-corrected chi connectivity index (χ1v) is 34.2. The van der Waals surface area contributed by atoms with Gasteiger partial charge in [-0.05, 0) is 71.8 Å². The van der Waals surface area contributed by atoms with E-state index in [4.69, 9.17) is 43.9 Å². The maximum atomic E-state index is 12.8. The van der Waals surface area contributed by atoms with Gasteiger partial charge in [-0.25, -0.2) is 113 Å². The lowest BCUT2D eigenvalue weighted by Crippen LogP contribution is -1.95. The molecule has 0 saturated heterocycles. The van der Waals surface area contributed by atoms with Crippen molar-refractivity contribution in [2.45, 2.75) is 13.5 Å². The summed E-state index contributed by atoms with van der Waals surface area (Å²) in [6.07, 6.45) is 19.8. The number of nitrogens with two attached hydrogens (primary N) is 6. The van der Waals surface area contributed by atoms with Crippen LogP contribution < -0.4 is 39.1 Å². The molecule has 3 aromatic carbocycles. The quantitative estimate of drug-likeness (QED) is 0.0687. The van der Waals surface area contributed by atoms with Crippen molar-refractivity contribution in [1.29, 1.82) is 0 Å². The number of nitrogens with zero attached hydrogens (tertiary/aromatic N) is 30. The van der Waals surface area contributed by atoms with Crippen LogP contribution in [0.15, 0.2) is 166 Å². The number of fused-ring (bicyclic) bond motifs is 7. The largest absolute Gasteiger partial charge is 0.508 e. The Morgan fingerprint density at radius 1 is 0.351 bits per heavy atom. The van der Waals surface area contributed by atoms with Gasteiger partial charge in [0.15, 0.2) is 33.9 Å². The molecule has 16 aromatic heterocycles. The van der Waals surface area contributed by atoms with E-state index in [1.54, 1.807) is 98.5 Å². The molecule has 0 bridgehead atoms. The van der Waals surface area contributed by atoms with E-state index in [9.17, 15) is 9.50 Å². The fourth-order valence-corrected chi connectivity index (χ4v) is 12.4.